The molecule has 1 unspecified atom stereocenters. The number of piperidine rings is 1. The summed E-state index contributed by atoms with van der Waals surface area (Å²) in [6.45, 7) is 0.843. The molecule has 0 spiro atoms. The molecular weight excluding hydrogens is 626 g/mol. The standard InChI is InChI=1S/C24H20F5IN6O2/c1-23(38,24(27,28)29)13-5-2-11(3-6-13)21(37)35-10-12(4-7-17(35)30)19-33-20-15-8-14(25)9-16(26)18(15)32-22(31)36(20)34-19/h2-3,5-6,8-9,12,17,38H,4,7,10H2,1H3,(H2,31,32)/t12-,17-,23?/m1/s1. The van der Waals surface area contributed by atoms with Crippen molar-refractivity contribution in [1.29, 1.82) is 0 Å². The minimum absolute atomic E-state index is 0.0980. The maximum Gasteiger partial charge on any atom is 0.421 e. The second kappa shape index (κ2) is 9.25. The number of nitrogens with two attached hydrogens (primary N) is 1. The molecule has 0 radical (unpaired) electrons. The number of rotatable bonds is 3. The van der Waals surface area contributed by atoms with Crippen LogP contribution in [0.4, 0.5) is 27.9 Å². The average molecular weight is 646 g/mol. The van der Waals surface area contributed by atoms with E-state index in [1.54, 1.807) is 4.90 Å². The van der Waals surface area contributed by atoms with E-state index in [0.29, 0.717) is 31.7 Å². The van der Waals surface area contributed by atoms with Gasteiger partial charge in [0, 0.05) is 24.1 Å². The topological polar surface area (TPSA) is 110 Å². The zero-order valence-electron chi connectivity index (χ0n) is 19.7. The highest BCUT2D eigenvalue weighted by molar-refractivity contribution is 14.1. The van der Waals surface area contributed by atoms with Gasteiger partial charge in [0.1, 0.15) is 11.3 Å². The van der Waals surface area contributed by atoms with Crippen LogP contribution in [0.15, 0.2) is 36.4 Å². The van der Waals surface area contributed by atoms with Crippen LogP contribution in [0.25, 0.3) is 16.6 Å². The number of benzene rings is 2. The van der Waals surface area contributed by atoms with Gasteiger partial charge in [-0.25, -0.2) is 18.7 Å². The number of hydrogen-bond donors (Lipinski definition) is 2. The third-order valence-electron chi connectivity index (χ3n) is 6.72. The Morgan fingerprint density at radius 1 is 1.13 bits per heavy atom. The number of anilines is 1. The highest BCUT2D eigenvalue weighted by Crippen LogP contribution is 2.39. The van der Waals surface area contributed by atoms with E-state index in [9.17, 15) is 31.9 Å². The van der Waals surface area contributed by atoms with Crippen LogP contribution in [-0.4, -0.2) is 52.3 Å². The van der Waals surface area contributed by atoms with Gasteiger partial charge in [0.15, 0.2) is 22.9 Å². The number of hydrogen-bond acceptors (Lipinski definition) is 6. The summed E-state index contributed by atoms with van der Waals surface area (Å²) in [5.74, 6) is -2.27. The van der Waals surface area contributed by atoms with Gasteiger partial charge in [-0.05, 0) is 43.5 Å². The summed E-state index contributed by atoms with van der Waals surface area (Å²) in [5, 5.41) is 14.4. The fourth-order valence-corrected chi connectivity index (χ4v) is 5.31. The maximum absolute atomic E-state index is 14.3. The van der Waals surface area contributed by atoms with Crippen molar-refractivity contribution in [3.8, 4) is 0 Å². The highest BCUT2D eigenvalue weighted by Gasteiger charge is 2.51. The summed E-state index contributed by atoms with van der Waals surface area (Å²) in [4.78, 5) is 23.3. The van der Waals surface area contributed by atoms with Crippen LogP contribution >= 0.6 is 22.6 Å². The Morgan fingerprint density at radius 3 is 2.47 bits per heavy atom. The lowest BCUT2D eigenvalue weighted by molar-refractivity contribution is -0.258. The van der Waals surface area contributed by atoms with Gasteiger partial charge in [0.2, 0.25) is 5.95 Å². The summed E-state index contributed by atoms with van der Waals surface area (Å²) >= 11 is 2.12. The van der Waals surface area contributed by atoms with Crippen LogP contribution in [0.3, 0.4) is 0 Å². The first-order valence-electron chi connectivity index (χ1n) is 11.4. The third-order valence-corrected chi connectivity index (χ3v) is 8.01. The average Bonchev–Trinajstić information content (AvgIpc) is 3.31. The Hall–Kier alpha value is -3.14. The summed E-state index contributed by atoms with van der Waals surface area (Å²) in [6.07, 6.45) is -3.70. The first kappa shape index (κ1) is 26.5. The number of nitrogen functional groups attached to an aromatic ring is 1. The molecule has 1 aliphatic rings. The molecule has 3 heterocycles. The Labute approximate surface area is 225 Å². The predicted molar refractivity (Wildman–Crippen MR) is 136 cm³/mol. The maximum atomic E-state index is 14.3. The van der Waals surface area contributed by atoms with E-state index in [1.165, 1.54) is 16.6 Å². The molecule has 2 aromatic heterocycles. The second-order valence-electron chi connectivity index (χ2n) is 9.27. The molecule has 1 aliphatic heterocycles. The SMILES string of the molecule is CC(O)(c1ccc(C(=O)N2C[C@H](c3nc4c5cc(F)cc(F)c5nc(N)n4n3)CC[C@@H]2I)cc1)C(F)(F)F. The van der Waals surface area contributed by atoms with Crippen LogP contribution in [0.2, 0.25) is 0 Å². The predicted octanol–water partition coefficient (Wildman–Crippen LogP) is 4.69. The molecule has 0 aliphatic carbocycles. The van der Waals surface area contributed by atoms with E-state index in [4.69, 9.17) is 5.73 Å². The molecule has 14 heteroatoms. The first-order chi connectivity index (χ1) is 17.8. The van der Waals surface area contributed by atoms with E-state index >= 15 is 0 Å². The highest BCUT2D eigenvalue weighted by atomic mass is 127. The summed E-state index contributed by atoms with van der Waals surface area (Å²) in [5.41, 5.74) is 2.65. The number of aliphatic hydroxyl groups is 1. The van der Waals surface area contributed by atoms with Crippen LogP contribution in [0, 0.1) is 11.6 Å². The van der Waals surface area contributed by atoms with Gasteiger partial charge < -0.3 is 15.7 Å². The minimum atomic E-state index is -4.88. The van der Waals surface area contributed by atoms with E-state index in [0.717, 1.165) is 18.2 Å². The van der Waals surface area contributed by atoms with Crippen LogP contribution in [-0.2, 0) is 5.60 Å². The van der Waals surface area contributed by atoms with Crippen LogP contribution in [0.5, 0.6) is 0 Å². The normalized spacial score (nSPS) is 20.2. The van der Waals surface area contributed by atoms with E-state index in [-0.39, 0.29) is 50.1 Å². The molecule has 4 aromatic rings. The number of halogens is 6. The van der Waals surface area contributed by atoms with Crippen LogP contribution < -0.4 is 5.73 Å². The van der Waals surface area contributed by atoms with Gasteiger partial charge in [-0.3, -0.25) is 4.79 Å². The fourth-order valence-electron chi connectivity index (χ4n) is 4.47. The minimum Gasteiger partial charge on any atom is -0.376 e. The fraction of sp³-hybridized carbons (Fsp3) is 0.333. The Balaban J connectivity index is 1.44. The first-order valence-corrected chi connectivity index (χ1v) is 12.7. The molecule has 1 fully saturated rings. The molecule has 0 saturated carbocycles. The number of aromatic nitrogens is 4. The Kier molecular flexibility index (Phi) is 6.44. The molecule has 3 atom stereocenters. The Bertz CT molecular complexity index is 1560. The molecule has 200 valence electrons. The number of likely N-dealkylation sites (tertiary alicyclic amines) is 1. The molecule has 0 bridgehead atoms. The van der Waals surface area contributed by atoms with E-state index in [1.807, 2.05) is 0 Å². The van der Waals surface area contributed by atoms with Crippen molar-refractivity contribution in [2.75, 3.05) is 12.3 Å². The van der Waals surface area contributed by atoms with Crippen molar-refractivity contribution in [2.24, 2.45) is 0 Å². The van der Waals surface area contributed by atoms with Crippen molar-refractivity contribution < 1.29 is 31.9 Å². The monoisotopic (exact) mass is 646 g/mol. The van der Waals surface area contributed by atoms with Gasteiger partial charge in [-0.1, -0.05) is 34.7 Å². The van der Waals surface area contributed by atoms with Crippen molar-refractivity contribution in [3.63, 3.8) is 0 Å². The zero-order chi connectivity index (χ0) is 27.6. The number of nitrogens with zero attached hydrogens (tertiary/aromatic N) is 5. The molecule has 8 nitrogen and oxygen atoms in total. The number of alkyl halides is 4. The van der Waals surface area contributed by atoms with Gasteiger partial charge in [-0.2, -0.15) is 17.7 Å². The molecule has 38 heavy (non-hydrogen) atoms. The lowest BCUT2D eigenvalue weighted by atomic mass is 9.93. The molecule has 3 N–H and O–H groups in total. The van der Waals surface area contributed by atoms with Gasteiger partial charge in [-0.15, -0.1) is 5.10 Å². The summed E-state index contributed by atoms with van der Waals surface area (Å²) in [7, 11) is 0. The van der Waals surface area contributed by atoms with E-state index in [2.05, 4.69) is 37.7 Å². The zero-order valence-corrected chi connectivity index (χ0v) is 21.8. The van der Waals surface area contributed by atoms with Crippen molar-refractivity contribution in [1.82, 2.24) is 24.5 Å². The lowest BCUT2D eigenvalue weighted by Crippen LogP contribution is -2.43. The van der Waals surface area contributed by atoms with E-state index < -0.39 is 29.3 Å². The van der Waals surface area contributed by atoms with Crippen molar-refractivity contribution >= 4 is 51.0 Å². The molecule has 5 rings (SSSR count). The lowest BCUT2D eigenvalue weighted by Gasteiger charge is -2.36. The number of amides is 1. The molecule has 1 amide bonds. The van der Waals surface area contributed by atoms with Gasteiger partial charge in [0.25, 0.3) is 5.91 Å². The Morgan fingerprint density at radius 2 is 1.82 bits per heavy atom. The molecule has 2 aromatic carbocycles. The largest absolute Gasteiger partial charge is 0.421 e. The molecule has 1 saturated heterocycles. The smallest absolute Gasteiger partial charge is 0.376 e. The third kappa shape index (κ3) is 4.42. The summed E-state index contributed by atoms with van der Waals surface area (Å²) < 4.78 is 68.7. The number of fused-ring (bicyclic) bond motifs is 3. The van der Waals surface area contributed by atoms with Gasteiger partial charge >= 0.3 is 6.18 Å². The second-order valence-corrected chi connectivity index (χ2v) is 10.7. The van der Waals surface area contributed by atoms with Crippen molar-refractivity contribution in [2.45, 2.75) is 41.5 Å². The van der Waals surface area contributed by atoms with Crippen molar-refractivity contribution in [3.05, 3.63) is 65.0 Å². The molecular formula is C24H20F5IN6O2. The quantitative estimate of drug-likeness (QED) is 0.145. The van der Waals surface area contributed by atoms with Gasteiger partial charge in [0.05, 0.1) is 9.43 Å². The number of carbonyl (C=O) groups excluding carboxylic acids is 1. The van der Waals surface area contributed by atoms with Crippen LogP contribution in [0.1, 0.15) is 47.4 Å². The summed E-state index contributed by atoms with van der Waals surface area (Å²) in [6, 6.07) is 6.44. The number of carbonyl (C=O) groups is 1.